The third kappa shape index (κ3) is 3.25. The van der Waals surface area contributed by atoms with E-state index in [2.05, 4.69) is 19.1 Å². The summed E-state index contributed by atoms with van der Waals surface area (Å²) in [5.41, 5.74) is 2.35. The lowest BCUT2D eigenvalue weighted by atomic mass is 9.77. The minimum absolute atomic E-state index is 0.269. The number of halogens is 2. The molecular weight excluding hydrogens is 326 g/mol. The van der Waals surface area contributed by atoms with Crippen molar-refractivity contribution in [3.05, 3.63) is 71.8 Å². The van der Waals surface area contributed by atoms with Crippen LogP contribution in [0, 0.1) is 17.6 Å². The van der Waals surface area contributed by atoms with Crippen molar-refractivity contribution < 1.29 is 8.78 Å². The summed E-state index contributed by atoms with van der Waals surface area (Å²) in [6.07, 6.45) is 6.33. The maximum atomic E-state index is 15.0. The van der Waals surface area contributed by atoms with E-state index in [-0.39, 0.29) is 11.6 Å². The molecular formula is C24H24F2. The molecule has 0 aliphatic heterocycles. The van der Waals surface area contributed by atoms with E-state index in [0.29, 0.717) is 22.4 Å². The van der Waals surface area contributed by atoms with Crippen molar-refractivity contribution in [3.8, 4) is 11.1 Å². The lowest BCUT2D eigenvalue weighted by molar-refractivity contribution is 0.319. The first-order valence-electron chi connectivity index (χ1n) is 9.64. The Balaban J connectivity index is 1.67. The number of benzene rings is 3. The molecule has 0 amide bonds. The molecule has 3 aromatic carbocycles. The molecule has 0 atom stereocenters. The van der Waals surface area contributed by atoms with Crippen molar-refractivity contribution in [2.45, 2.75) is 44.9 Å². The molecule has 134 valence electrons. The number of rotatable bonds is 3. The van der Waals surface area contributed by atoms with Crippen molar-refractivity contribution in [2.24, 2.45) is 5.92 Å². The molecule has 4 rings (SSSR count). The first kappa shape index (κ1) is 17.2. The van der Waals surface area contributed by atoms with Gasteiger partial charge >= 0.3 is 0 Å². The number of fused-ring (bicyclic) bond motifs is 1. The van der Waals surface area contributed by atoms with Gasteiger partial charge in [-0.2, -0.15) is 0 Å². The lowest BCUT2D eigenvalue weighted by Gasteiger charge is -2.28. The Morgan fingerprint density at radius 1 is 0.885 bits per heavy atom. The normalized spacial score (nSPS) is 20.4. The fourth-order valence-corrected chi connectivity index (χ4v) is 4.35. The predicted octanol–water partition coefficient (Wildman–Crippen LogP) is 7.47. The molecule has 0 saturated heterocycles. The lowest BCUT2D eigenvalue weighted by Crippen LogP contribution is -2.12. The highest BCUT2D eigenvalue weighted by molar-refractivity contribution is 5.88. The van der Waals surface area contributed by atoms with E-state index in [9.17, 15) is 4.39 Å². The van der Waals surface area contributed by atoms with E-state index >= 15 is 4.39 Å². The third-order valence-electron chi connectivity index (χ3n) is 6.01. The molecule has 1 aliphatic rings. The van der Waals surface area contributed by atoms with Crippen LogP contribution >= 0.6 is 0 Å². The van der Waals surface area contributed by atoms with Gasteiger partial charge in [0, 0.05) is 10.9 Å². The van der Waals surface area contributed by atoms with Crippen LogP contribution in [0.1, 0.15) is 50.5 Å². The fraction of sp³-hybridized carbons (Fsp3) is 0.333. The highest BCUT2D eigenvalue weighted by Gasteiger charge is 2.21. The van der Waals surface area contributed by atoms with E-state index in [1.807, 2.05) is 12.1 Å². The van der Waals surface area contributed by atoms with Gasteiger partial charge in [-0.25, -0.2) is 8.78 Å². The van der Waals surface area contributed by atoms with E-state index in [1.54, 1.807) is 18.2 Å². The molecule has 1 aliphatic carbocycles. The predicted molar refractivity (Wildman–Crippen MR) is 104 cm³/mol. The second-order valence-corrected chi connectivity index (χ2v) is 7.54. The standard InChI is InChI=1S/C24H24F2/c1-2-16-6-8-17(9-7-16)18-10-12-23-20(14-18)11-13-22(24(23)26)19-4-3-5-21(25)15-19/h3-5,10-17H,2,6-9H2,1H3. The van der Waals surface area contributed by atoms with E-state index < -0.39 is 0 Å². The summed E-state index contributed by atoms with van der Waals surface area (Å²) >= 11 is 0. The molecule has 0 bridgehead atoms. The van der Waals surface area contributed by atoms with Crippen LogP contribution in [0.25, 0.3) is 21.9 Å². The maximum absolute atomic E-state index is 15.0. The van der Waals surface area contributed by atoms with Crippen molar-refractivity contribution in [3.63, 3.8) is 0 Å². The van der Waals surface area contributed by atoms with Gasteiger partial charge < -0.3 is 0 Å². The van der Waals surface area contributed by atoms with Crippen molar-refractivity contribution in [1.29, 1.82) is 0 Å². The minimum Gasteiger partial charge on any atom is -0.207 e. The van der Waals surface area contributed by atoms with Crippen LogP contribution in [-0.2, 0) is 0 Å². The van der Waals surface area contributed by atoms with Gasteiger partial charge in [0.2, 0.25) is 0 Å². The average Bonchev–Trinajstić information content (AvgIpc) is 2.68. The molecule has 0 N–H and O–H groups in total. The second kappa shape index (κ2) is 7.19. The summed E-state index contributed by atoms with van der Waals surface area (Å²) in [4.78, 5) is 0. The van der Waals surface area contributed by atoms with Gasteiger partial charge in [0.05, 0.1) is 0 Å². The summed E-state index contributed by atoms with van der Waals surface area (Å²) in [6, 6.07) is 16.0. The molecule has 0 heterocycles. The van der Waals surface area contributed by atoms with Crippen LogP contribution in [0.5, 0.6) is 0 Å². The molecule has 0 aromatic heterocycles. The van der Waals surface area contributed by atoms with E-state index in [0.717, 1.165) is 11.3 Å². The summed E-state index contributed by atoms with van der Waals surface area (Å²) in [6.45, 7) is 2.28. The van der Waals surface area contributed by atoms with Crippen molar-refractivity contribution >= 4 is 10.8 Å². The Bertz CT molecular complexity index is 921. The van der Waals surface area contributed by atoms with Gasteiger partial charge in [-0.3, -0.25) is 0 Å². The average molecular weight is 350 g/mol. The summed E-state index contributed by atoms with van der Waals surface area (Å²) in [5, 5.41) is 1.54. The van der Waals surface area contributed by atoms with Crippen LogP contribution < -0.4 is 0 Å². The molecule has 1 saturated carbocycles. The van der Waals surface area contributed by atoms with Crippen LogP contribution in [0.2, 0.25) is 0 Å². The first-order chi connectivity index (χ1) is 12.7. The topological polar surface area (TPSA) is 0 Å². The minimum atomic E-state index is -0.347. The van der Waals surface area contributed by atoms with Gasteiger partial charge in [-0.05, 0) is 66.2 Å². The van der Waals surface area contributed by atoms with Gasteiger partial charge in [-0.1, -0.05) is 55.8 Å². The number of hydrogen-bond acceptors (Lipinski definition) is 0. The zero-order chi connectivity index (χ0) is 18.1. The Morgan fingerprint density at radius 3 is 2.42 bits per heavy atom. The zero-order valence-corrected chi connectivity index (χ0v) is 15.1. The van der Waals surface area contributed by atoms with Crippen LogP contribution in [0.15, 0.2) is 54.6 Å². The smallest absolute Gasteiger partial charge is 0.138 e. The van der Waals surface area contributed by atoms with Gasteiger partial charge in [0.1, 0.15) is 11.6 Å². The Labute approximate surface area is 153 Å². The van der Waals surface area contributed by atoms with Crippen molar-refractivity contribution in [1.82, 2.24) is 0 Å². The quantitative estimate of drug-likeness (QED) is 0.459. The SMILES string of the molecule is CCC1CCC(c2ccc3c(F)c(-c4cccc(F)c4)ccc3c2)CC1. The number of hydrogen-bond donors (Lipinski definition) is 0. The van der Waals surface area contributed by atoms with Gasteiger partial charge in [0.25, 0.3) is 0 Å². The van der Waals surface area contributed by atoms with Crippen LogP contribution in [0.3, 0.4) is 0 Å². The molecule has 1 fully saturated rings. The van der Waals surface area contributed by atoms with E-state index in [1.165, 1.54) is 49.8 Å². The Kier molecular flexibility index (Phi) is 4.76. The van der Waals surface area contributed by atoms with Crippen molar-refractivity contribution in [2.75, 3.05) is 0 Å². The van der Waals surface area contributed by atoms with Gasteiger partial charge in [-0.15, -0.1) is 0 Å². The highest BCUT2D eigenvalue weighted by Crippen LogP contribution is 2.38. The Morgan fingerprint density at radius 2 is 1.69 bits per heavy atom. The summed E-state index contributed by atoms with van der Waals surface area (Å²) in [5.74, 6) is 0.848. The largest absolute Gasteiger partial charge is 0.207 e. The maximum Gasteiger partial charge on any atom is 0.138 e. The van der Waals surface area contributed by atoms with Crippen LogP contribution in [0.4, 0.5) is 8.78 Å². The highest BCUT2D eigenvalue weighted by atomic mass is 19.1. The second-order valence-electron chi connectivity index (χ2n) is 7.54. The third-order valence-corrected chi connectivity index (χ3v) is 6.01. The summed E-state index contributed by atoms with van der Waals surface area (Å²) < 4.78 is 28.5. The molecule has 3 aromatic rings. The molecule has 2 heteroatoms. The molecule has 0 spiro atoms. The van der Waals surface area contributed by atoms with Gasteiger partial charge in [0.15, 0.2) is 0 Å². The molecule has 0 unspecified atom stereocenters. The fourth-order valence-electron chi connectivity index (χ4n) is 4.35. The molecule has 0 radical (unpaired) electrons. The molecule has 26 heavy (non-hydrogen) atoms. The van der Waals surface area contributed by atoms with E-state index in [4.69, 9.17) is 0 Å². The zero-order valence-electron chi connectivity index (χ0n) is 15.1. The monoisotopic (exact) mass is 350 g/mol. The summed E-state index contributed by atoms with van der Waals surface area (Å²) in [7, 11) is 0. The first-order valence-corrected chi connectivity index (χ1v) is 9.64. The van der Waals surface area contributed by atoms with Crippen LogP contribution in [-0.4, -0.2) is 0 Å². The Hall–Kier alpha value is -2.22. The molecule has 0 nitrogen and oxygen atoms in total.